The molecule has 0 fully saturated rings. The van der Waals surface area contributed by atoms with Crippen molar-refractivity contribution in [3.63, 3.8) is 0 Å². The summed E-state index contributed by atoms with van der Waals surface area (Å²) in [5.41, 5.74) is 2.46. The molecule has 3 nitrogen and oxygen atoms in total. The van der Waals surface area contributed by atoms with Crippen molar-refractivity contribution in [1.82, 2.24) is 10.3 Å². The molecule has 1 aromatic carbocycles. The molecular weight excluding hydrogens is 224 g/mol. The van der Waals surface area contributed by atoms with Gasteiger partial charge in [-0.2, -0.15) is 0 Å². The van der Waals surface area contributed by atoms with Gasteiger partial charge in [-0.25, -0.2) is 0 Å². The molecule has 1 amide bonds. The second-order valence-corrected chi connectivity index (χ2v) is 4.24. The number of benzene rings is 1. The molecule has 3 heteroatoms. The molecule has 0 saturated heterocycles. The maximum Gasteiger partial charge on any atom is 0.253 e. The number of carbonyl (C=O) groups excluding carboxylic acids is 1. The van der Waals surface area contributed by atoms with Gasteiger partial charge in [-0.1, -0.05) is 30.3 Å². The fraction of sp³-hybridized carbons (Fsp3) is 0.200. The van der Waals surface area contributed by atoms with Gasteiger partial charge < -0.3 is 5.32 Å². The molecule has 1 atom stereocenters. The molecule has 1 aromatic heterocycles. The normalized spacial score (nSPS) is 11.9. The Hall–Kier alpha value is -2.16. The van der Waals surface area contributed by atoms with E-state index < -0.39 is 0 Å². The Morgan fingerprint density at radius 3 is 2.56 bits per heavy atom. The molecule has 1 unspecified atom stereocenters. The van der Waals surface area contributed by atoms with Crippen LogP contribution in [-0.2, 0) is 0 Å². The quantitative estimate of drug-likeness (QED) is 0.896. The first-order valence-corrected chi connectivity index (χ1v) is 5.96. The number of aromatic nitrogens is 1. The van der Waals surface area contributed by atoms with E-state index in [4.69, 9.17) is 0 Å². The highest BCUT2D eigenvalue weighted by atomic mass is 16.1. The van der Waals surface area contributed by atoms with Gasteiger partial charge in [0.25, 0.3) is 5.91 Å². The molecule has 0 aliphatic heterocycles. The molecule has 18 heavy (non-hydrogen) atoms. The molecule has 0 spiro atoms. The van der Waals surface area contributed by atoms with Crippen molar-refractivity contribution in [2.75, 3.05) is 0 Å². The Labute approximate surface area is 107 Å². The lowest BCUT2D eigenvalue weighted by molar-refractivity contribution is 0.0939. The summed E-state index contributed by atoms with van der Waals surface area (Å²) in [5.74, 6) is -0.0862. The number of aryl methyl sites for hydroxylation is 1. The minimum atomic E-state index is -0.0862. The zero-order valence-electron chi connectivity index (χ0n) is 10.6. The van der Waals surface area contributed by atoms with Gasteiger partial charge in [0.2, 0.25) is 0 Å². The van der Waals surface area contributed by atoms with Crippen LogP contribution in [-0.4, -0.2) is 10.9 Å². The average Bonchev–Trinajstić information content (AvgIpc) is 2.40. The van der Waals surface area contributed by atoms with Gasteiger partial charge in [-0.15, -0.1) is 0 Å². The van der Waals surface area contributed by atoms with Crippen molar-refractivity contribution in [1.29, 1.82) is 0 Å². The Morgan fingerprint density at radius 1 is 1.17 bits per heavy atom. The number of nitrogens with zero attached hydrogens (tertiary/aromatic N) is 1. The van der Waals surface area contributed by atoms with Gasteiger partial charge in [0.1, 0.15) is 0 Å². The molecule has 92 valence electrons. The van der Waals surface area contributed by atoms with Crippen molar-refractivity contribution < 1.29 is 4.79 Å². The summed E-state index contributed by atoms with van der Waals surface area (Å²) >= 11 is 0. The van der Waals surface area contributed by atoms with E-state index in [1.54, 1.807) is 18.3 Å². The molecular formula is C15H16N2O. The van der Waals surface area contributed by atoms with Gasteiger partial charge in [0.15, 0.2) is 0 Å². The minimum Gasteiger partial charge on any atom is -0.345 e. The predicted octanol–water partition coefficient (Wildman–Crippen LogP) is 2.88. The maximum atomic E-state index is 12.1. The van der Waals surface area contributed by atoms with Crippen LogP contribution in [0.5, 0.6) is 0 Å². The van der Waals surface area contributed by atoms with Crippen LogP contribution >= 0.6 is 0 Å². The Kier molecular flexibility index (Phi) is 3.72. The minimum absolute atomic E-state index is 0.0155. The fourth-order valence-electron chi connectivity index (χ4n) is 1.82. The smallest absolute Gasteiger partial charge is 0.253 e. The molecule has 0 radical (unpaired) electrons. The second kappa shape index (κ2) is 5.45. The topological polar surface area (TPSA) is 42.0 Å². The summed E-state index contributed by atoms with van der Waals surface area (Å²) in [6.45, 7) is 3.81. The van der Waals surface area contributed by atoms with Gasteiger partial charge in [0, 0.05) is 11.9 Å². The zero-order valence-corrected chi connectivity index (χ0v) is 10.6. The van der Waals surface area contributed by atoms with E-state index in [-0.39, 0.29) is 11.9 Å². The molecule has 1 heterocycles. The fourth-order valence-corrected chi connectivity index (χ4v) is 1.82. The van der Waals surface area contributed by atoms with E-state index >= 15 is 0 Å². The number of carbonyl (C=O) groups is 1. The standard InChI is InChI=1S/C15H16N2O/c1-11(13-7-4-3-5-8-13)17-15(18)14-9-6-10-16-12(14)2/h3-11H,1-2H3,(H,17,18). The van der Waals surface area contributed by atoms with E-state index in [1.807, 2.05) is 44.2 Å². The van der Waals surface area contributed by atoms with Crippen molar-refractivity contribution in [3.8, 4) is 0 Å². The number of hydrogen-bond donors (Lipinski definition) is 1. The third-order valence-corrected chi connectivity index (χ3v) is 2.90. The lowest BCUT2D eigenvalue weighted by Gasteiger charge is -2.14. The third-order valence-electron chi connectivity index (χ3n) is 2.90. The lowest BCUT2D eigenvalue weighted by atomic mass is 10.1. The number of nitrogens with one attached hydrogen (secondary N) is 1. The Balaban J connectivity index is 2.11. The first-order valence-electron chi connectivity index (χ1n) is 5.96. The number of hydrogen-bond acceptors (Lipinski definition) is 2. The molecule has 0 saturated carbocycles. The molecule has 0 bridgehead atoms. The van der Waals surface area contributed by atoms with E-state index in [9.17, 15) is 4.79 Å². The van der Waals surface area contributed by atoms with Gasteiger partial charge in [-0.05, 0) is 31.5 Å². The average molecular weight is 240 g/mol. The lowest BCUT2D eigenvalue weighted by Crippen LogP contribution is -2.27. The Morgan fingerprint density at radius 2 is 1.89 bits per heavy atom. The van der Waals surface area contributed by atoms with Crippen LogP contribution in [0.3, 0.4) is 0 Å². The van der Waals surface area contributed by atoms with Crippen molar-refractivity contribution in [3.05, 3.63) is 65.5 Å². The predicted molar refractivity (Wildman–Crippen MR) is 71.3 cm³/mol. The molecule has 1 N–H and O–H groups in total. The van der Waals surface area contributed by atoms with E-state index in [0.717, 1.165) is 11.3 Å². The summed E-state index contributed by atoms with van der Waals surface area (Å²) < 4.78 is 0. The number of pyridine rings is 1. The monoisotopic (exact) mass is 240 g/mol. The van der Waals surface area contributed by atoms with E-state index in [2.05, 4.69) is 10.3 Å². The van der Waals surface area contributed by atoms with Crippen molar-refractivity contribution >= 4 is 5.91 Å². The summed E-state index contributed by atoms with van der Waals surface area (Å²) in [4.78, 5) is 16.2. The maximum absolute atomic E-state index is 12.1. The SMILES string of the molecule is Cc1ncccc1C(=O)NC(C)c1ccccc1. The van der Waals surface area contributed by atoms with E-state index in [0.29, 0.717) is 5.56 Å². The Bertz CT molecular complexity index is 537. The van der Waals surface area contributed by atoms with Crippen LogP contribution in [0.25, 0.3) is 0 Å². The second-order valence-electron chi connectivity index (χ2n) is 4.24. The van der Waals surface area contributed by atoms with Crippen molar-refractivity contribution in [2.24, 2.45) is 0 Å². The van der Waals surface area contributed by atoms with Crippen LogP contribution < -0.4 is 5.32 Å². The van der Waals surface area contributed by atoms with Gasteiger partial charge >= 0.3 is 0 Å². The first-order chi connectivity index (χ1) is 8.68. The van der Waals surface area contributed by atoms with Crippen LogP contribution in [0.1, 0.15) is 34.6 Å². The summed E-state index contributed by atoms with van der Waals surface area (Å²) in [6.07, 6.45) is 1.69. The highest BCUT2D eigenvalue weighted by Gasteiger charge is 2.13. The highest BCUT2D eigenvalue weighted by molar-refractivity contribution is 5.95. The third kappa shape index (κ3) is 2.74. The van der Waals surface area contributed by atoms with Gasteiger partial charge in [-0.3, -0.25) is 9.78 Å². The number of amides is 1. The molecule has 2 rings (SSSR count). The van der Waals surface area contributed by atoms with Gasteiger partial charge in [0.05, 0.1) is 11.6 Å². The highest BCUT2D eigenvalue weighted by Crippen LogP contribution is 2.13. The zero-order chi connectivity index (χ0) is 13.0. The van der Waals surface area contributed by atoms with Crippen LogP contribution in [0.4, 0.5) is 0 Å². The van der Waals surface area contributed by atoms with Crippen LogP contribution in [0.15, 0.2) is 48.7 Å². The largest absolute Gasteiger partial charge is 0.345 e. The van der Waals surface area contributed by atoms with Crippen molar-refractivity contribution in [2.45, 2.75) is 19.9 Å². The first kappa shape index (κ1) is 12.3. The van der Waals surface area contributed by atoms with Crippen LogP contribution in [0, 0.1) is 6.92 Å². The van der Waals surface area contributed by atoms with Crippen LogP contribution in [0.2, 0.25) is 0 Å². The summed E-state index contributed by atoms with van der Waals surface area (Å²) in [5, 5.41) is 2.97. The summed E-state index contributed by atoms with van der Waals surface area (Å²) in [6, 6.07) is 13.4. The number of rotatable bonds is 3. The molecule has 0 aliphatic carbocycles. The summed E-state index contributed by atoms with van der Waals surface area (Å²) in [7, 11) is 0. The van der Waals surface area contributed by atoms with E-state index in [1.165, 1.54) is 0 Å². The molecule has 0 aliphatic rings. The molecule has 2 aromatic rings.